The Labute approximate surface area is 199 Å². The summed E-state index contributed by atoms with van der Waals surface area (Å²) >= 11 is 0. The molecule has 0 saturated heterocycles. The summed E-state index contributed by atoms with van der Waals surface area (Å²) in [4.78, 5) is 13.0. The highest BCUT2D eigenvalue weighted by Gasteiger charge is 2.43. The quantitative estimate of drug-likeness (QED) is 0.240. The van der Waals surface area contributed by atoms with Crippen LogP contribution >= 0.6 is 0 Å². The molecule has 0 aromatic heterocycles. The number of fused-ring (bicyclic) bond motifs is 1. The summed E-state index contributed by atoms with van der Waals surface area (Å²) in [5, 5.41) is 8.90. The van der Waals surface area contributed by atoms with Crippen LogP contribution in [0.5, 0.6) is 5.75 Å². The molecule has 3 aliphatic carbocycles. The molecule has 0 radical (unpaired) electrons. The van der Waals surface area contributed by atoms with Crippen LogP contribution in [-0.4, -0.2) is 5.97 Å². The highest BCUT2D eigenvalue weighted by Crippen LogP contribution is 2.50. The summed E-state index contributed by atoms with van der Waals surface area (Å²) in [7, 11) is 0. The van der Waals surface area contributed by atoms with Crippen LogP contribution in [0.4, 0.5) is 4.39 Å². The second kappa shape index (κ2) is 11.5. The number of carbonyl (C=O) groups excluding carboxylic acids is 1. The minimum Gasteiger partial charge on any atom is -0.426 e. The maximum absolute atomic E-state index is 13.9. The first-order valence-electron chi connectivity index (χ1n) is 13.5. The van der Waals surface area contributed by atoms with Gasteiger partial charge < -0.3 is 4.74 Å². The van der Waals surface area contributed by atoms with Gasteiger partial charge in [-0.2, -0.15) is 5.26 Å². The predicted molar refractivity (Wildman–Crippen MR) is 128 cm³/mol. The van der Waals surface area contributed by atoms with Crippen molar-refractivity contribution in [3.63, 3.8) is 0 Å². The lowest BCUT2D eigenvalue weighted by atomic mass is 9.59. The Morgan fingerprint density at radius 1 is 1.03 bits per heavy atom. The van der Waals surface area contributed by atoms with Crippen LogP contribution in [0.3, 0.4) is 0 Å². The number of nitrogens with zero attached hydrogens (tertiary/aromatic N) is 1. The lowest BCUT2D eigenvalue weighted by molar-refractivity contribution is -0.144. The van der Waals surface area contributed by atoms with Crippen LogP contribution in [0.25, 0.3) is 0 Å². The third-order valence-corrected chi connectivity index (χ3v) is 9.04. The van der Waals surface area contributed by atoms with E-state index in [0.29, 0.717) is 11.8 Å². The van der Waals surface area contributed by atoms with Crippen LogP contribution < -0.4 is 4.74 Å². The average Bonchev–Trinajstić information content (AvgIpc) is 2.84. The van der Waals surface area contributed by atoms with Crippen molar-refractivity contribution in [2.24, 2.45) is 35.5 Å². The standard InChI is InChI=1S/C29H40FNO2/c1-2-3-4-6-20-9-11-21(12-10-20)22-14-16-26-23(17-22)7-5-8-27(26)29(32)33-25-15-13-24(19-31)28(30)18-25/h13,15,18,20-23,26-27H,2-12,14,16-17H2,1H3. The number of ether oxygens (including phenoxy) is 1. The van der Waals surface area contributed by atoms with E-state index >= 15 is 0 Å². The third kappa shape index (κ3) is 5.97. The van der Waals surface area contributed by atoms with Crippen LogP contribution in [-0.2, 0) is 4.79 Å². The van der Waals surface area contributed by atoms with Crippen LogP contribution in [0, 0.1) is 52.7 Å². The van der Waals surface area contributed by atoms with Gasteiger partial charge in [0.2, 0.25) is 0 Å². The summed E-state index contributed by atoms with van der Waals surface area (Å²) in [6.07, 6.45) is 18.1. The molecule has 0 heterocycles. The van der Waals surface area contributed by atoms with E-state index in [0.717, 1.165) is 43.1 Å². The number of unbranched alkanes of at least 4 members (excludes halogenated alkanes) is 2. The predicted octanol–water partition coefficient (Wildman–Crippen LogP) is 7.82. The highest BCUT2D eigenvalue weighted by atomic mass is 19.1. The van der Waals surface area contributed by atoms with Gasteiger partial charge in [0.1, 0.15) is 17.6 Å². The van der Waals surface area contributed by atoms with E-state index in [1.54, 1.807) is 6.07 Å². The van der Waals surface area contributed by atoms with Crippen molar-refractivity contribution in [3.05, 3.63) is 29.6 Å². The molecule has 0 bridgehead atoms. The lowest BCUT2D eigenvalue weighted by Crippen LogP contribution is -2.40. The molecule has 33 heavy (non-hydrogen) atoms. The second-order valence-corrected chi connectivity index (χ2v) is 11.0. The van der Waals surface area contributed by atoms with Crippen molar-refractivity contribution < 1.29 is 13.9 Å². The van der Waals surface area contributed by atoms with Gasteiger partial charge in [0.25, 0.3) is 0 Å². The lowest BCUT2D eigenvalue weighted by Gasteiger charge is -2.46. The largest absolute Gasteiger partial charge is 0.426 e. The highest BCUT2D eigenvalue weighted by molar-refractivity contribution is 5.75. The molecule has 180 valence electrons. The Morgan fingerprint density at radius 2 is 1.82 bits per heavy atom. The molecule has 1 aromatic carbocycles. The number of nitriles is 1. The molecule has 3 aliphatic rings. The minimum atomic E-state index is -0.634. The fourth-order valence-electron chi connectivity index (χ4n) is 7.19. The van der Waals surface area contributed by atoms with Gasteiger partial charge >= 0.3 is 5.97 Å². The zero-order chi connectivity index (χ0) is 23.2. The SMILES string of the molecule is CCCCCC1CCC(C2CCC3C(CCCC3C(=O)Oc3ccc(C#N)c(F)c3)C2)CC1. The summed E-state index contributed by atoms with van der Waals surface area (Å²) < 4.78 is 19.5. The smallest absolute Gasteiger partial charge is 0.314 e. The number of hydrogen-bond donors (Lipinski definition) is 0. The van der Waals surface area contributed by atoms with Gasteiger partial charge in [-0.05, 0) is 80.2 Å². The van der Waals surface area contributed by atoms with E-state index < -0.39 is 5.82 Å². The van der Waals surface area contributed by atoms with E-state index in [1.807, 2.05) is 0 Å². The Balaban J connectivity index is 1.29. The first-order valence-corrected chi connectivity index (χ1v) is 13.5. The van der Waals surface area contributed by atoms with Crippen molar-refractivity contribution in [3.8, 4) is 11.8 Å². The average molecular weight is 454 g/mol. The molecule has 4 atom stereocenters. The monoisotopic (exact) mass is 453 g/mol. The topological polar surface area (TPSA) is 50.1 Å². The maximum Gasteiger partial charge on any atom is 0.314 e. The Bertz CT molecular complexity index is 839. The van der Waals surface area contributed by atoms with Crippen LogP contribution in [0.2, 0.25) is 0 Å². The van der Waals surface area contributed by atoms with E-state index in [2.05, 4.69) is 6.92 Å². The van der Waals surface area contributed by atoms with Crippen molar-refractivity contribution in [2.75, 3.05) is 0 Å². The molecule has 0 amide bonds. The number of rotatable bonds is 7. The summed E-state index contributed by atoms with van der Waals surface area (Å²) in [6, 6.07) is 5.87. The summed E-state index contributed by atoms with van der Waals surface area (Å²) in [5.74, 6) is 3.04. The van der Waals surface area contributed by atoms with Gasteiger partial charge in [-0.25, -0.2) is 4.39 Å². The molecule has 1 aromatic rings. The molecule has 4 heteroatoms. The Morgan fingerprint density at radius 3 is 2.55 bits per heavy atom. The second-order valence-electron chi connectivity index (χ2n) is 11.0. The van der Waals surface area contributed by atoms with Gasteiger partial charge in [-0.3, -0.25) is 4.79 Å². The van der Waals surface area contributed by atoms with Crippen LogP contribution in [0.15, 0.2) is 18.2 Å². The van der Waals surface area contributed by atoms with Gasteiger partial charge in [0, 0.05) is 6.07 Å². The number of hydrogen-bond acceptors (Lipinski definition) is 3. The zero-order valence-corrected chi connectivity index (χ0v) is 20.2. The molecule has 0 aliphatic heterocycles. The van der Waals surface area contributed by atoms with E-state index in [4.69, 9.17) is 10.00 Å². The normalized spacial score (nSPS) is 31.9. The number of carbonyl (C=O) groups is 1. The summed E-state index contributed by atoms with van der Waals surface area (Å²) in [6.45, 7) is 2.29. The van der Waals surface area contributed by atoms with Gasteiger partial charge in [0.05, 0.1) is 11.5 Å². The van der Waals surface area contributed by atoms with Gasteiger partial charge in [0.15, 0.2) is 0 Å². The number of benzene rings is 1. The molecule has 4 unspecified atom stereocenters. The molecule has 0 N–H and O–H groups in total. The fraction of sp³-hybridized carbons (Fsp3) is 0.724. The molecule has 3 fully saturated rings. The van der Waals surface area contributed by atoms with Gasteiger partial charge in [-0.15, -0.1) is 0 Å². The molecule has 3 saturated carbocycles. The number of esters is 1. The van der Waals surface area contributed by atoms with E-state index in [1.165, 1.54) is 82.8 Å². The van der Waals surface area contributed by atoms with Crippen LogP contribution in [0.1, 0.15) is 102 Å². The van der Waals surface area contributed by atoms with Crippen molar-refractivity contribution in [2.45, 2.75) is 96.8 Å². The molecule has 0 spiro atoms. The fourth-order valence-corrected chi connectivity index (χ4v) is 7.19. The molecule has 4 rings (SSSR count). The van der Waals surface area contributed by atoms with E-state index in [9.17, 15) is 9.18 Å². The molecular weight excluding hydrogens is 413 g/mol. The Hall–Kier alpha value is -1.89. The van der Waals surface area contributed by atoms with Crippen molar-refractivity contribution >= 4 is 5.97 Å². The van der Waals surface area contributed by atoms with Gasteiger partial charge in [-0.1, -0.05) is 58.3 Å². The summed E-state index contributed by atoms with van der Waals surface area (Å²) in [5.41, 5.74) is -0.0270. The van der Waals surface area contributed by atoms with Crippen molar-refractivity contribution in [1.82, 2.24) is 0 Å². The third-order valence-electron chi connectivity index (χ3n) is 9.04. The molecule has 3 nitrogen and oxygen atoms in total. The zero-order valence-electron chi connectivity index (χ0n) is 20.2. The first-order chi connectivity index (χ1) is 16.1. The van der Waals surface area contributed by atoms with Crippen molar-refractivity contribution in [1.29, 1.82) is 5.26 Å². The molecular formula is C29H40FNO2. The maximum atomic E-state index is 13.9. The first kappa shape index (κ1) is 24.2. The number of halogens is 1. The minimum absolute atomic E-state index is 0.0270. The van der Waals surface area contributed by atoms with E-state index in [-0.39, 0.29) is 23.2 Å². The Kier molecular flexibility index (Phi) is 8.45.